The van der Waals surface area contributed by atoms with Gasteiger partial charge in [-0.15, -0.1) is 0 Å². The number of aliphatic hydroxyl groups is 1. The zero-order chi connectivity index (χ0) is 14.1. The molecule has 0 bridgehead atoms. The molecular weight excluding hydrogens is 246 g/mol. The second-order valence-electron chi connectivity index (χ2n) is 4.40. The minimum atomic E-state index is -0.957. The van der Waals surface area contributed by atoms with E-state index < -0.39 is 5.97 Å². The molecule has 0 saturated heterocycles. The smallest absolute Gasteiger partial charge is 0.335 e. The van der Waals surface area contributed by atoms with Crippen molar-refractivity contribution in [2.75, 3.05) is 19.8 Å². The Kier molecular flexibility index (Phi) is 6.92. The number of rotatable bonds is 9. The molecule has 0 spiro atoms. The van der Waals surface area contributed by atoms with Gasteiger partial charge < -0.3 is 20.3 Å². The first kappa shape index (κ1) is 15.5. The van der Waals surface area contributed by atoms with Crippen LogP contribution in [0.1, 0.15) is 30.1 Å². The average molecular weight is 267 g/mol. The van der Waals surface area contributed by atoms with E-state index >= 15 is 0 Å². The first-order valence-corrected chi connectivity index (χ1v) is 6.44. The number of hydrogen-bond acceptors (Lipinski definition) is 4. The molecule has 0 amide bonds. The Labute approximate surface area is 113 Å². The topological polar surface area (TPSA) is 78.8 Å². The molecule has 0 aliphatic carbocycles. The molecule has 1 aromatic carbocycles. The predicted octanol–water partition coefficient (Wildman–Crippen LogP) is 1.51. The molecule has 1 aromatic rings. The van der Waals surface area contributed by atoms with Gasteiger partial charge in [-0.05, 0) is 38.0 Å². The van der Waals surface area contributed by atoms with E-state index in [0.717, 1.165) is 12.8 Å². The Hall–Kier alpha value is -1.59. The van der Waals surface area contributed by atoms with Gasteiger partial charge in [-0.25, -0.2) is 4.79 Å². The molecule has 1 unspecified atom stereocenters. The van der Waals surface area contributed by atoms with Crippen molar-refractivity contribution in [1.82, 2.24) is 5.32 Å². The highest BCUT2D eigenvalue weighted by Gasteiger charge is 2.04. The molecule has 1 atom stereocenters. The third kappa shape index (κ3) is 6.22. The maximum absolute atomic E-state index is 10.8. The molecule has 0 heterocycles. The van der Waals surface area contributed by atoms with Crippen LogP contribution in [0.25, 0.3) is 0 Å². The molecule has 19 heavy (non-hydrogen) atoms. The summed E-state index contributed by atoms with van der Waals surface area (Å²) in [6, 6.07) is 6.78. The first-order valence-electron chi connectivity index (χ1n) is 6.44. The molecule has 0 aromatic heterocycles. The van der Waals surface area contributed by atoms with Crippen LogP contribution in [0.2, 0.25) is 0 Å². The summed E-state index contributed by atoms with van der Waals surface area (Å²) in [5.41, 5.74) is 0.224. The monoisotopic (exact) mass is 267 g/mol. The Morgan fingerprint density at radius 1 is 1.47 bits per heavy atom. The standard InChI is InChI=1S/C14H21NO4/c1-11(4-3-8-16)15-7-9-19-13-6-2-5-12(10-13)14(17)18/h2,5-6,10-11,15-16H,3-4,7-9H2,1H3,(H,17,18). The minimum Gasteiger partial charge on any atom is -0.492 e. The minimum absolute atomic E-state index is 0.213. The van der Waals surface area contributed by atoms with Gasteiger partial charge in [0.1, 0.15) is 12.4 Å². The second kappa shape index (κ2) is 8.50. The molecule has 0 aliphatic heterocycles. The van der Waals surface area contributed by atoms with Crippen LogP contribution in [0.15, 0.2) is 24.3 Å². The van der Waals surface area contributed by atoms with Crippen molar-refractivity contribution in [1.29, 1.82) is 0 Å². The van der Waals surface area contributed by atoms with Gasteiger partial charge in [-0.3, -0.25) is 0 Å². The van der Waals surface area contributed by atoms with E-state index in [9.17, 15) is 4.79 Å². The summed E-state index contributed by atoms with van der Waals surface area (Å²) >= 11 is 0. The summed E-state index contributed by atoms with van der Waals surface area (Å²) in [7, 11) is 0. The van der Waals surface area contributed by atoms with Crippen LogP contribution in [-0.2, 0) is 0 Å². The van der Waals surface area contributed by atoms with E-state index in [4.69, 9.17) is 14.9 Å². The molecule has 106 valence electrons. The fraction of sp³-hybridized carbons (Fsp3) is 0.500. The highest BCUT2D eigenvalue weighted by Crippen LogP contribution is 2.12. The molecule has 3 N–H and O–H groups in total. The van der Waals surface area contributed by atoms with Crippen LogP contribution in [0.5, 0.6) is 5.75 Å². The van der Waals surface area contributed by atoms with E-state index in [-0.39, 0.29) is 12.2 Å². The quantitative estimate of drug-likeness (QED) is 0.591. The highest BCUT2D eigenvalue weighted by molar-refractivity contribution is 5.87. The van der Waals surface area contributed by atoms with Gasteiger partial charge in [0, 0.05) is 19.2 Å². The maximum Gasteiger partial charge on any atom is 0.335 e. The van der Waals surface area contributed by atoms with Crippen LogP contribution in [0, 0.1) is 0 Å². The first-order chi connectivity index (χ1) is 9.13. The van der Waals surface area contributed by atoms with E-state index in [2.05, 4.69) is 12.2 Å². The zero-order valence-electron chi connectivity index (χ0n) is 11.1. The number of aromatic carboxylic acids is 1. The number of carboxylic acid groups (broad SMARTS) is 1. The van der Waals surface area contributed by atoms with Gasteiger partial charge in [-0.1, -0.05) is 6.07 Å². The fourth-order valence-corrected chi connectivity index (χ4v) is 1.69. The van der Waals surface area contributed by atoms with Crippen molar-refractivity contribution in [2.24, 2.45) is 0 Å². The largest absolute Gasteiger partial charge is 0.492 e. The molecule has 0 saturated carbocycles. The lowest BCUT2D eigenvalue weighted by atomic mass is 10.2. The summed E-state index contributed by atoms with van der Waals surface area (Å²) in [6.45, 7) is 3.43. The number of aliphatic hydroxyl groups excluding tert-OH is 1. The zero-order valence-corrected chi connectivity index (χ0v) is 11.1. The molecule has 5 heteroatoms. The number of carbonyl (C=O) groups is 1. The summed E-state index contributed by atoms with van der Waals surface area (Å²) in [5, 5.41) is 20.8. The van der Waals surface area contributed by atoms with Gasteiger partial charge in [0.15, 0.2) is 0 Å². The molecule has 0 radical (unpaired) electrons. The van der Waals surface area contributed by atoms with Crippen molar-refractivity contribution < 1.29 is 19.7 Å². The molecule has 0 aliphatic rings. The summed E-state index contributed by atoms with van der Waals surface area (Å²) in [5.74, 6) is -0.397. The Morgan fingerprint density at radius 2 is 2.26 bits per heavy atom. The van der Waals surface area contributed by atoms with Crippen molar-refractivity contribution in [2.45, 2.75) is 25.8 Å². The van der Waals surface area contributed by atoms with Gasteiger partial charge in [-0.2, -0.15) is 0 Å². The number of nitrogens with one attached hydrogen (secondary N) is 1. The van der Waals surface area contributed by atoms with Gasteiger partial charge in [0.25, 0.3) is 0 Å². The Balaban J connectivity index is 2.25. The maximum atomic E-state index is 10.8. The lowest BCUT2D eigenvalue weighted by molar-refractivity contribution is 0.0696. The van der Waals surface area contributed by atoms with E-state index in [0.29, 0.717) is 24.9 Å². The van der Waals surface area contributed by atoms with Crippen molar-refractivity contribution in [3.05, 3.63) is 29.8 Å². The average Bonchev–Trinajstić information content (AvgIpc) is 2.41. The van der Waals surface area contributed by atoms with Gasteiger partial charge >= 0.3 is 5.97 Å². The third-order valence-corrected chi connectivity index (χ3v) is 2.74. The molecule has 0 fully saturated rings. The Bertz CT molecular complexity index is 395. The number of ether oxygens (including phenoxy) is 1. The lowest BCUT2D eigenvalue weighted by Crippen LogP contribution is -2.30. The van der Waals surface area contributed by atoms with E-state index in [1.54, 1.807) is 12.1 Å². The SMILES string of the molecule is CC(CCCO)NCCOc1cccc(C(=O)O)c1. The lowest BCUT2D eigenvalue weighted by Gasteiger charge is -2.13. The fourth-order valence-electron chi connectivity index (χ4n) is 1.69. The number of carboxylic acids is 1. The van der Waals surface area contributed by atoms with Gasteiger partial charge in [0.05, 0.1) is 5.56 Å². The van der Waals surface area contributed by atoms with E-state index in [1.807, 2.05) is 0 Å². The third-order valence-electron chi connectivity index (χ3n) is 2.74. The van der Waals surface area contributed by atoms with Crippen LogP contribution in [-0.4, -0.2) is 42.0 Å². The Morgan fingerprint density at radius 3 is 2.95 bits per heavy atom. The molecule has 5 nitrogen and oxygen atoms in total. The summed E-state index contributed by atoms with van der Waals surface area (Å²) < 4.78 is 5.48. The van der Waals surface area contributed by atoms with Gasteiger partial charge in [0.2, 0.25) is 0 Å². The van der Waals surface area contributed by atoms with Crippen molar-refractivity contribution in [3.63, 3.8) is 0 Å². The predicted molar refractivity (Wildman–Crippen MR) is 72.7 cm³/mol. The van der Waals surface area contributed by atoms with Crippen molar-refractivity contribution in [3.8, 4) is 5.75 Å². The van der Waals surface area contributed by atoms with Crippen molar-refractivity contribution >= 4 is 5.97 Å². The highest BCUT2D eigenvalue weighted by atomic mass is 16.5. The normalized spacial score (nSPS) is 12.1. The number of benzene rings is 1. The van der Waals surface area contributed by atoms with Crippen LogP contribution in [0.3, 0.4) is 0 Å². The summed E-state index contributed by atoms with van der Waals surface area (Å²) in [6.07, 6.45) is 1.71. The molecule has 1 rings (SSSR count). The second-order valence-corrected chi connectivity index (χ2v) is 4.40. The number of hydrogen-bond donors (Lipinski definition) is 3. The van der Waals surface area contributed by atoms with Crippen LogP contribution >= 0.6 is 0 Å². The van der Waals surface area contributed by atoms with Crippen LogP contribution in [0.4, 0.5) is 0 Å². The molecular formula is C14H21NO4. The summed E-state index contributed by atoms with van der Waals surface area (Å²) in [4.78, 5) is 10.8. The van der Waals surface area contributed by atoms with Crippen LogP contribution < -0.4 is 10.1 Å². The van der Waals surface area contributed by atoms with E-state index in [1.165, 1.54) is 12.1 Å².